The zero-order chi connectivity index (χ0) is 12.8. The van der Waals surface area contributed by atoms with Gasteiger partial charge in [0.05, 0.1) is 0 Å². The number of halogens is 3. The molecule has 0 radical (unpaired) electrons. The zero-order valence-electron chi connectivity index (χ0n) is 9.39. The predicted octanol–water partition coefficient (Wildman–Crippen LogP) is 3.37. The molecule has 0 spiro atoms. The van der Waals surface area contributed by atoms with Gasteiger partial charge in [0.2, 0.25) is 0 Å². The fourth-order valence-electron chi connectivity index (χ4n) is 1.02. The van der Waals surface area contributed by atoms with E-state index in [1.165, 1.54) is 24.3 Å². The van der Waals surface area contributed by atoms with Crippen LogP contribution in [0.4, 0.5) is 0 Å². The Balaban J connectivity index is 0.000000306. The van der Waals surface area contributed by atoms with Crippen LogP contribution in [0.15, 0.2) is 36.4 Å². The van der Waals surface area contributed by atoms with Gasteiger partial charge in [-0.25, -0.2) is 4.98 Å². The molecule has 0 saturated carbocycles. The summed E-state index contributed by atoms with van der Waals surface area (Å²) in [5.74, 6) is -0.241. The number of allylic oxidation sites excluding steroid dienone is 4. The van der Waals surface area contributed by atoms with E-state index in [0.29, 0.717) is 10.3 Å². The first-order chi connectivity index (χ1) is 7.97. The first-order valence-corrected chi connectivity index (χ1v) is 5.47. The Morgan fingerprint density at radius 3 is 1.50 bits per heavy atom. The topological polar surface area (TPSA) is 47.0 Å². The molecule has 0 unspecified atom stereocenters. The summed E-state index contributed by atoms with van der Waals surface area (Å²) in [6.45, 7) is 1.92. The summed E-state index contributed by atoms with van der Waals surface area (Å²) in [7, 11) is 0. The third kappa shape index (κ3) is 6.55. The Hall–Kier alpha value is -1.16. The van der Waals surface area contributed by atoms with Gasteiger partial charge in [0.15, 0.2) is 11.6 Å². The monoisotopic (exact) mass is 305 g/mol. The van der Waals surface area contributed by atoms with Crippen molar-refractivity contribution < 1.29 is 9.59 Å². The van der Waals surface area contributed by atoms with Gasteiger partial charge in [-0.2, -0.15) is 0 Å². The Bertz CT molecular complexity index is 422. The third-order valence-electron chi connectivity index (χ3n) is 1.73. The lowest BCUT2D eigenvalue weighted by molar-refractivity contribution is -0.113. The summed E-state index contributed by atoms with van der Waals surface area (Å²) in [4.78, 5) is 24.3. The molecule has 6 heteroatoms. The summed E-state index contributed by atoms with van der Waals surface area (Å²) < 4.78 is 0. The Morgan fingerprint density at radius 2 is 1.22 bits per heavy atom. The minimum absolute atomic E-state index is 0. The van der Waals surface area contributed by atoms with E-state index < -0.39 is 0 Å². The van der Waals surface area contributed by atoms with Crippen LogP contribution in [-0.4, -0.2) is 16.6 Å². The van der Waals surface area contributed by atoms with Crippen molar-refractivity contribution in [2.45, 2.75) is 6.92 Å². The molecule has 96 valence electrons. The molecule has 0 bridgehead atoms. The average molecular weight is 307 g/mol. The van der Waals surface area contributed by atoms with Crippen molar-refractivity contribution in [1.29, 1.82) is 0 Å². The third-order valence-corrected chi connectivity index (χ3v) is 2.12. The van der Waals surface area contributed by atoms with Crippen molar-refractivity contribution in [3.8, 4) is 0 Å². The van der Waals surface area contributed by atoms with Gasteiger partial charge in [0.1, 0.15) is 10.3 Å². The van der Waals surface area contributed by atoms with E-state index in [1.54, 1.807) is 12.1 Å². The van der Waals surface area contributed by atoms with Crippen molar-refractivity contribution in [2.75, 3.05) is 0 Å². The zero-order valence-corrected chi connectivity index (χ0v) is 11.7. The lowest BCUT2D eigenvalue weighted by Gasteiger charge is -1.92. The summed E-state index contributed by atoms with van der Waals surface area (Å²) in [5.41, 5.74) is 1.03. The molecule has 1 aliphatic carbocycles. The average Bonchev–Trinajstić information content (AvgIpc) is 2.21. The van der Waals surface area contributed by atoms with E-state index in [4.69, 9.17) is 23.2 Å². The van der Waals surface area contributed by atoms with E-state index in [9.17, 15) is 9.59 Å². The normalized spacial score (nSPS) is 12.6. The van der Waals surface area contributed by atoms with Crippen LogP contribution < -0.4 is 0 Å². The number of carbonyl (C=O) groups is 2. The van der Waals surface area contributed by atoms with Gasteiger partial charge in [0.25, 0.3) is 0 Å². The molecular weight excluding hydrogens is 296 g/mol. The highest BCUT2D eigenvalue weighted by Crippen LogP contribution is 2.12. The van der Waals surface area contributed by atoms with Gasteiger partial charge in [-0.3, -0.25) is 9.59 Å². The van der Waals surface area contributed by atoms with Crippen LogP contribution in [0.1, 0.15) is 5.56 Å². The first kappa shape index (κ1) is 16.8. The van der Waals surface area contributed by atoms with Crippen LogP contribution in [0.25, 0.3) is 0 Å². The number of hydrogen-bond acceptors (Lipinski definition) is 3. The van der Waals surface area contributed by atoms with Crippen molar-refractivity contribution in [1.82, 2.24) is 4.98 Å². The Morgan fingerprint density at radius 1 is 0.889 bits per heavy atom. The highest BCUT2D eigenvalue weighted by molar-refractivity contribution is 6.32. The molecule has 1 aliphatic rings. The minimum atomic E-state index is -0.121. The number of ketones is 2. The number of nitrogens with zero attached hydrogens (tertiary/aromatic N) is 1. The van der Waals surface area contributed by atoms with Crippen molar-refractivity contribution >= 4 is 47.2 Å². The summed E-state index contributed by atoms with van der Waals surface area (Å²) in [5, 5.41) is 0.889. The second kappa shape index (κ2) is 8.03. The highest BCUT2D eigenvalue weighted by Gasteiger charge is 1.98. The van der Waals surface area contributed by atoms with Crippen LogP contribution >= 0.6 is 35.6 Å². The minimum Gasteiger partial charge on any atom is -0.290 e. The first-order valence-electron chi connectivity index (χ1n) is 4.71. The van der Waals surface area contributed by atoms with Gasteiger partial charge in [-0.1, -0.05) is 23.2 Å². The number of rotatable bonds is 0. The maximum absolute atomic E-state index is 10.3. The van der Waals surface area contributed by atoms with Gasteiger partial charge in [-0.15, -0.1) is 12.4 Å². The number of aryl methyl sites for hydroxylation is 1. The smallest absolute Gasteiger partial charge is 0.178 e. The highest BCUT2D eigenvalue weighted by atomic mass is 35.5. The molecule has 1 aromatic heterocycles. The molecule has 3 nitrogen and oxygen atoms in total. The fraction of sp³-hybridized carbons (Fsp3) is 0.0833. The molecule has 1 heterocycles. The van der Waals surface area contributed by atoms with Crippen LogP contribution in [0.5, 0.6) is 0 Å². The molecule has 0 atom stereocenters. The fourth-order valence-corrected chi connectivity index (χ4v) is 1.59. The van der Waals surface area contributed by atoms with E-state index >= 15 is 0 Å². The van der Waals surface area contributed by atoms with Gasteiger partial charge < -0.3 is 0 Å². The SMILES string of the molecule is Cc1cc(Cl)nc(Cl)c1.Cl.O=C1C=CC(=O)C=C1. The Labute approximate surface area is 121 Å². The summed E-state index contributed by atoms with van der Waals surface area (Å²) >= 11 is 11.1. The van der Waals surface area contributed by atoms with Gasteiger partial charge in [0, 0.05) is 0 Å². The van der Waals surface area contributed by atoms with Crippen LogP contribution in [0.2, 0.25) is 10.3 Å². The molecule has 0 amide bonds. The molecule has 0 aromatic carbocycles. The standard InChI is InChI=1S/C6H5Cl2N.C6H4O2.ClH/c1-4-2-5(7)9-6(8)3-4;7-5-1-2-6(8)4-3-5;/h2-3H,1H3;1-4H;1H. The largest absolute Gasteiger partial charge is 0.290 e. The van der Waals surface area contributed by atoms with Crippen LogP contribution in [0.3, 0.4) is 0 Å². The van der Waals surface area contributed by atoms with Crippen molar-refractivity contribution in [2.24, 2.45) is 0 Å². The maximum atomic E-state index is 10.3. The van der Waals surface area contributed by atoms with Gasteiger partial charge >= 0.3 is 0 Å². The van der Waals surface area contributed by atoms with Gasteiger partial charge in [-0.05, 0) is 48.9 Å². The van der Waals surface area contributed by atoms with Crippen LogP contribution in [-0.2, 0) is 9.59 Å². The predicted molar refractivity (Wildman–Crippen MR) is 74.5 cm³/mol. The number of carbonyl (C=O) groups excluding carboxylic acids is 2. The van der Waals surface area contributed by atoms with Crippen molar-refractivity contribution in [3.63, 3.8) is 0 Å². The Kier molecular flexibility index (Phi) is 7.51. The van der Waals surface area contributed by atoms with E-state index in [1.807, 2.05) is 6.92 Å². The second-order valence-corrected chi connectivity index (χ2v) is 4.04. The lowest BCUT2D eigenvalue weighted by Crippen LogP contribution is -1.97. The molecular formula is C12H10Cl3NO2. The van der Waals surface area contributed by atoms with Crippen molar-refractivity contribution in [3.05, 3.63) is 52.3 Å². The second-order valence-electron chi connectivity index (χ2n) is 3.26. The summed E-state index contributed by atoms with van der Waals surface area (Å²) in [6, 6.07) is 3.51. The molecule has 0 aliphatic heterocycles. The molecule has 0 fully saturated rings. The molecule has 18 heavy (non-hydrogen) atoms. The molecule has 2 rings (SSSR count). The summed E-state index contributed by atoms with van der Waals surface area (Å²) in [6.07, 6.45) is 5.01. The number of pyridine rings is 1. The maximum Gasteiger partial charge on any atom is 0.178 e. The van der Waals surface area contributed by atoms with E-state index in [-0.39, 0.29) is 24.0 Å². The number of aromatic nitrogens is 1. The van der Waals surface area contributed by atoms with E-state index in [0.717, 1.165) is 5.56 Å². The number of hydrogen-bond donors (Lipinski definition) is 0. The quantitative estimate of drug-likeness (QED) is 0.545. The van der Waals surface area contributed by atoms with E-state index in [2.05, 4.69) is 4.98 Å². The molecule has 0 N–H and O–H groups in total. The van der Waals surface area contributed by atoms with Crippen LogP contribution in [0, 0.1) is 6.92 Å². The molecule has 1 aromatic rings. The molecule has 0 saturated heterocycles. The lowest BCUT2D eigenvalue weighted by atomic mass is 10.2.